The second kappa shape index (κ2) is 11.9. The van der Waals surface area contributed by atoms with Crippen molar-refractivity contribution in [3.63, 3.8) is 0 Å². The highest BCUT2D eigenvalue weighted by Crippen LogP contribution is 2.49. The lowest BCUT2D eigenvalue weighted by atomic mass is 9.81. The number of allylic oxidation sites excluding steroid dienone is 2. The zero-order chi connectivity index (χ0) is 26.4. The largest absolute Gasteiger partial charge is 0.497 e. The summed E-state index contributed by atoms with van der Waals surface area (Å²) >= 11 is 1.27. The Morgan fingerprint density at radius 1 is 1.14 bits per heavy atom. The molecule has 196 valence electrons. The van der Waals surface area contributed by atoms with E-state index in [0.29, 0.717) is 23.5 Å². The van der Waals surface area contributed by atoms with Crippen molar-refractivity contribution in [1.29, 1.82) is 0 Å². The Labute approximate surface area is 222 Å². The van der Waals surface area contributed by atoms with Gasteiger partial charge in [-0.05, 0) is 77.7 Å². The maximum absolute atomic E-state index is 14.9. The van der Waals surface area contributed by atoms with Crippen LogP contribution in [-0.2, 0) is 17.8 Å². The van der Waals surface area contributed by atoms with Gasteiger partial charge in [-0.3, -0.25) is 4.79 Å². The molecule has 0 atom stereocenters. The molecule has 0 radical (unpaired) electrons. The van der Waals surface area contributed by atoms with Crippen molar-refractivity contribution < 1.29 is 23.8 Å². The molecule has 0 aliphatic heterocycles. The first-order valence-electron chi connectivity index (χ1n) is 12.8. The van der Waals surface area contributed by atoms with Gasteiger partial charge in [-0.1, -0.05) is 51.3 Å². The van der Waals surface area contributed by atoms with Gasteiger partial charge in [-0.15, -0.1) is 0 Å². The zero-order valence-electron chi connectivity index (χ0n) is 21.7. The maximum atomic E-state index is 14.9. The van der Waals surface area contributed by atoms with E-state index in [1.807, 2.05) is 24.3 Å². The van der Waals surface area contributed by atoms with Gasteiger partial charge in [0.05, 0.1) is 17.7 Å². The molecule has 3 aromatic rings. The van der Waals surface area contributed by atoms with Gasteiger partial charge in [-0.25, -0.2) is 4.39 Å². The minimum Gasteiger partial charge on any atom is -0.497 e. The van der Waals surface area contributed by atoms with E-state index >= 15 is 0 Å². The quantitative estimate of drug-likeness (QED) is 0.308. The topological polar surface area (TPSA) is 68.7 Å². The first-order valence-corrected chi connectivity index (χ1v) is 13.5. The van der Waals surface area contributed by atoms with Gasteiger partial charge < -0.3 is 14.6 Å². The molecule has 1 saturated carbocycles. The van der Waals surface area contributed by atoms with Crippen molar-refractivity contribution in [1.82, 2.24) is 4.37 Å². The van der Waals surface area contributed by atoms with E-state index < -0.39 is 5.97 Å². The molecule has 0 spiro atoms. The van der Waals surface area contributed by atoms with Crippen LogP contribution < -0.4 is 9.47 Å². The fraction of sp³-hybridized carbons (Fsp3) is 0.400. The van der Waals surface area contributed by atoms with Gasteiger partial charge in [0, 0.05) is 17.5 Å². The molecule has 1 heterocycles. The summed E-state index contributed by atoms with van der Waals surface area (Å²) in [6, 6.07) is 12.2. The summed E-state index contributed by atoms with van der Waals surface area (Å²) in [5.74, 6) is 0.0888. The van der Waals surface area contributed by atoms with Crippen LogP contribution in [0.2, 0.25) is 0 Å². The monoisotopic (exact) mass is 523 g/mol. The van der Waals surface area contributed by atoms with E-state index in [0.717, 1.165) is 40.1 Å². The van der Waals surface area contributed by atoms with Crippen LogP contribution in [0.15, 0.2) is 48.5 Å². The van der Waals surface area contributed by atoms with Crippen molar-refractivity contribution in [3.05, 3.63) is 71.2 Å². The van der Waals surface area contributed by atoms with Crippen LogP contribution in [0.4, 0.5) is 4.39 Å². The number of ether oxygens (including phenoxy) is 2. The van der Waals surface area contributed by atoms with Crippen LogP contribution in [0, 0.1) is 11.2 Å². The highest BCUT2D eigenvalue weighted by Gasteiger charge is 2.33. The number of hydrogen-bond acceptors (Lipinski definition) is 5. The molecule has 0 amide bonds. The lowest BCUT2D eigenvalue weighted by Gasteiger charge is -2.24. The Bertz CT molecular complexity index is 1280. The lowest BCUT2D eigenvalue weighted by Crippen LogP contribution is -2.11. The highest BCUT2D eigenvalue weighted by molar-refractivity contribution is 7.10. The van der Waals surface area contributed by atoms with Crippen LogP contribution in [-0.4, -0.2) is 22.6 Å². The number of rotatable bonds is 9. The average Bonchev–Trinajstić information content (AvgIpc) is 3.65. The van der Waals surface area contributed by atoms with E-state index in [-0.39, 0.29) is 24.3 Å². The van der Waals surface area contributed by atoms with Crippen LogP contribution >= 0.6 is 11.5 Å². The fourth-order valence-electron chi connectivity index (χ4n) is 4.31. The molecule has 2 aliphatic carbocycles. The van der Waals surface area contributed by atoms with Gasteiger partial charge in [0.1, 0.15) is 23.9 Å². The van der Waals surface area contributed by atoms with E-state index in [2.05, 4.69) is 24.3 Å². The third-order valence-corrected chi connectivity index (χ3v) is 7.47. The minimum atomic E-state index is -0.830. The first-order chi connectivity index (χ1) is 17.8. The van der Waals surface area contributed by atoms with Crippen LogP contribution in [0.1, 0.15) is 69.2 Å². The Hall–Kier alpha value is -3.19. The molecule has 0 saturated heterocycles. The smallest absolute Gasteiger partial charge is 0.303 e. The summed E-state index contributed by atoms with van der Waals surface area (Å²) in [6.45, 7) is 4.63. The van der Waals surface area contributed by atoms with Crippen molar-refractivity contribution in [2.75, 3.05) is 7.11 Å². The summed E-state index contributed by atoms with van der Waals surface area (Å²) in [6.07, 6.45) is 9.21. The van der Waals surface area contributed by atoms with Crippen molar-refractivity contribution in [3.8, 4) is 21.9 Å². The predicted octanol–water partition coefficient (Wildman–Crippen LogP) is 7.93. The standard InChI is InChI=1S/C27H28FNO4S.C3H6/c1-27(2)13-5-8-21(27)25-23(16-33-19-7-4-6-17(14-19)9-12-24(30)31)29-34-26(25)20-15-18(32-3)10-11-22(20)28;1-2-3-1/h4,6-8,10-11,14-15H,5,9,12-13,16H2,1-3H3,(H,30,31);1-3H2. The number of aromatic nitrogens is 1. The third-order valence-electron chi connectivity index (χ3n) is 6.55. The molecule has 2 aromatic carbocycles. The van der Waals surface area contributed by atoms with Crippen LogP contribution in [0.5, 0.6) is 11.5 Å². The Morgan fingerprint density at radius 3 is 2.57 bits per heavy atom. The fourth-order valence-corrected chi connectivity index (χ4v) is 5.23. The second-order valence-electron chi connectivity index (χ2n) is 10.1. The van der Waals surface area contributed by atoms with Crippen LogP contribution in [0.3, 0.4) is 0 Å². The number of hydrogen-bond donors (Lipinski definition) is 1. The van der Waals surface area contributed by atoms with E-state index in [4.69, 9.17) is 14.6 Å². The number of carboxylic acids is 1. The predicted molar refractivity (Wildman–Crippen MR) is 146 cm³/mol. The molecule has 1 aromatic heterocycles. The molecule has 1 N–H and O–H groups in total. The number of aryl methyl sites for hydroxylation is 1. The van der Waals surface area contributed by atoms with E-state index in [1.54, 1.807) is 19.2 Å². The molecule has 5 rings (SSSR count). The third kappa shape index (κ3) is 6.98. The number of nitrogens with zero attached hydrogens (tertiary/aromatic N) is 1. The van der Waals surface area contributed by atoms with Gasteiger partial charge in [0.15, 0.2) is 0 Å². The molecule has 0 bridgehead atoms. The number of methoxy groups -OCH3 is 1. The second-order valence-corrected chi connectivity index (χ2v) is 10.9. The Balaban J connectivity index is 0.000000994. The zero-order valence-corrected chi connectivity index (χ0v) is 22.5. The van der Waals surface area contributed by atoms with Crippen molar-refractivity contribution in [2.24, 2.45) is 5.41 Å². The summed E-state index contributed by atoms with van der Waals surface area (Å²) < 4.78 is 31.0. The van der Waals surface area contributed by atoms with Gasteiger partial charge in [0.25, 0.3) is 0 Å². The first kappa shape index (κ1) is 26.9. The highest BCUT2D eigenvalue weighted by atomic mass is 32.1. The number of carbonyl (C=O) groups is 1. The van der Waals surface area contributed by atoms with Crippen LogP contribution in [0.25, 0.3) is 16.0 Å². The number of halogens is 1. The molecular formula is C30H34FNO4S. The molecular weight excluding hydrogens is 489 g/mol. The summed E-state index contributed by atoms with van der Waals surface area (Å²) in [4.78, 5) is 11.7. The SMILES string of the molecule is C1CC1.COc1ccc(F)c(-c2snc(COc3cccc(CCC(=O)O)c3)c2C2=CCCC2(C)C)c1. The summed E-state index contributed by atoms with van der Waals surface area (Å²) in [7, 11) is 1.57. The Morgan fingerprint density at radius 2 is 1.92 bits per heavy atom. The molecule has 5 nitrogen and oxygen atoms in total. The van der Waals surface area contributed by atoms with Crippen molar-refractivity contribution in [2.45, 2.75) is 65.4 Å². The summed E-state index contributed by atoms with van der Waals surface area (Å²) in [5, 5.41) is 8.94. The molecule has 2 aliphatic rings. The van der Waals surface area contributed by atoms with Gasteiger partial charge >= 0.3 is 5.97 Å². The number of benzene rings is 2. The Kier molecular flexibility index (Phi) is 8.64. The van der Waals surface area contributed by atoms with Crippen molar-refractivity contribution >= 4 is 23.1 Å². The average molecular weight is 524 g/mol. The van der Waals surface area contributed by atoms with E-state index in [9.17, 15) is 9.18 Å². The lowest BCUT2D eigenvalue weighted by molar-refractivity contribution is -0.136. The summed E-state index contributed by atoms with van der Waals surface area (Å²) in [5.41, 5.74) is 4.17. The molecule has 7 heteroatoms. The van der Waals surface area contributed by atoms with Gasteiger partial charge in [-0.2, -0.15) is 4.37 Å². The normalized spacial score (nSPS) is 15.4. The minimum absolute atomic E-state index is 0.0572. The molecule has 37 heavy (non-hydrogen) atoms. The number of carboxylic acid groups (broad SMARTS) is 1. The molecule has 0 unspecified atom stereocenters. The van der Waals surface area contributed by atoms with E-state index in [1.165, 1.54) is 36.9 Å². The van der Waals surface area contributed by atoms with Gasteiger partial charge in [0.2, 0.25) is 0 Å². The number of aliphatic carboxylic acids is 1. The molecule has 1 fully saturated rings. The maximum Gasteiger partial charge on any atom is 0.303 e.